The molecule has 0 aliphatic rings. The first-order valence-electron chi connectivity index (χ1n) is 5.20. The molecule has 16 heavy (non-hydrogen) atoms. The average molecular weight is 242 g/mol. The molecule has 4 heteroatoms. The Morgan fingerprint density at radius 2 is 1.94 bits per heavy atom. The van der Waals surface area contributed by atoms with Gasteiger partial charge in [0.05, 0.1) is 0 Å². The Labute approximate surface area is 98.9 Å². The molecule has 0 bridgehead atoms. The van der Waals surface area contributed by atoms with Gasteiger partial charge in [0.1, 0.15) is 10.6 Å². The highest BCUT2D eigenvalue weighted by Gasteiger charge is 2.38. The van der Waals surface area contributed by atoms with Crippen LogP contribution in [0.5, 0.6) is 0 Å². The summed E-state index contributed by atoms with van der Waals surface area (Å²) in [6.45, 7) is 3.75. The number of carboxylic acid groups (broad SMARTS) is 1. The molecule has 0 aliphatic carbocycles. The van der Waals surface area contributed by atoms with Gasteiger partial charge < -0.3 is 5.11 Å². The molecule has 0 spiro atoms. The Kier molecular flexibility index (Phi) is 4.35. The zero-order chi connectivity index (χ0) is 12.2. The van der Waals surface area contributed by atoms with E-state index in [4.69, 9.17) is 0 Å². The van der Waals surface area contributed by atoms with E-state index in [2.05, 4.69) is 0 Å². The van der Waals surface area contributed by atoms with E-state index >= 15 is 0 Å². The highest BCUT2D eigenvalue weighted by molar-refractivity contribution is 8.00. The van der Waals surface area contributed by atoms with Gasteiger partial charge in [-0.15, -0.1) is 11.8 Å². The first-order chi connectivity index (χ1) is 7.56. The predicted molar refractivity (Wildman–Crippen MR) is 64.1 cm³/mol. The van der Waals surface area contributed by atoms with Crippen LogP contribution in [0.4, 0.5) is 4.39 Å². The summed E-state index contributed by atoms with van der Waals surface area (Å²) >= 11 is 1.37. The minimum absolute atomic E-state index is 0.347. The first-order valence-corrected chi connectivity index (χ1v) is 6.18. The average Bonchev–Trinajstić information content (AvgIpc) is 2.27. The lowest BCUT2D eigenvalue weighted by molar-refractivity contribution is -0.140. The van der Waals surface area contributed by atoms with Crippen LogP contribution in [0.2, 0.25) is 0 Å². The summed E-state index contributed by atoms with van der Waals surface area (Å²) in [4.78, 5) is 11.4. The molecule has 88 valence electrons. The van der Waals surface area contributed by atoms with Gasteiger partial charge in [0.25, 0.3) is 0 Å². The Hall–Kier alpha value is -1.03. The fraction of sp³-hybridized carbons (Fsp3) is 0.417. The molecular formula is C12H15FO2S. The van der Waals surface area contributed by atoms with Crippen molar-refractivity contribution in [3.8, 4) is 0 Å². The largest absolute Gasteiger partial charge is 0.480 e. The van der Waals surface area contributed by atoms with Crippen molar-refractivity contribution >= 4 is 17.7 Å². The van der Waals surface area contributed by atoms with Crippen LogP contribution < -0.4 is 0 Å². The maximum absolute atomic E-state index is 12.8. The second-order valence-electron chi connectivity index (χ2n) is 3.43. The summed E-state index contributed by atoms with van der Waals surface area (Å²) in [5, 5.41) is 9.36. The summed E-state index contributed by atoms with van der Waals surface area (Å²) < 4.78 is 11.9. The molecule has 0 aliphatic heterocycles. The lowest BCUT2D eigenvalue weighted by atomic mass is 9.95. The second kappa shape index (κ2) is 5.34. The van der Waals surface area contributed by atoms with E-state index in [1.165, 1.54) is 23.9 Å². The van der Waals surface area contributed by atoms with Crippen molar-refractivity contribution in [3.63, 3.8) is 0 Å². The van der Waals surface area contributed by atoms with Crippen molar-refractivity contribution in [2.45, 2.75) is 25.0 Å². The summed E-state index contributed by atoms with van der Waals surface area (Å²) in [5.41, 5.74) is 0.649. The SMILES string of the molecule is CCSC(CC)(C(=O)O)c1ccc(F)cc1. The Balaban J connectivity index is 3.18. The quantitative estimate of drug-likeness (QED) is 0.861. The molecule has 2 nitrogen and oxygen atoms in total. The minimum atomic E-state index is -0.956. The molecule has 1 atom stereocenters. The van der Waals surface area contributed by atoms with Gasteiger partial charge in [0.2, 0.25) is 0 Å². The number of rotatable bonds is 5. The van der Waals surface area contributed by atoms with E-state index in [0.717, 1.165) is 0 Å². The van der Waals surface area contributed by atoms with Crippen LogP contribution in [0.3, 0.4) is 0 Å². The van der Waals surface area contributed by atoms with E-state index in [1.807, 2.05) is 13.8 Å². The molecular weight excluding hydrogens is 227 g/mol. The minimum Gasteiger partial charge on any atom is -0.480 e. The van der Waals surface area contributed by atoms with Gasteiger partial charge in [0, 0.05) is 0 Å². The number of benzene rings is 1. The molecule has 0 aromatic heterocycles. The first kappa shape index (κ1) is 13.0. The standard InChI is InChI=1S/C12H15FO2S/c1-3-12(11(14)15,16-4-2)9-5-7-10(13)8-6-9/h5-8H,3-4H2,1-2H3,(H,14,15). The van der Waals surface area contributed by atoms with Crippen molar-refractivity contribution in [2.24, 2.45) is 0 Å². The molecule has 1 aromatic carbocycles. The maximum atomic E-state index is 12.8. The highest BCUT2D eigenvalue weighted by Crippen LogP contribution is 2.39. The highest BCUT2D eigenvalue weighted by atomic mass is 32.2. The predicted octanol–water partition coefficient (Wildman–Crippen LogP) is 3.27. The normalized spacial score (nSPS) is 14.4. The van der Waals surface area contributed by atoms with E-state index in [1.54, 1.807) is 12.1 Å². The van der Waals surface area contributed by atoms with Gasteiger partial charge in [-0.25, -0.2) is 4.39 Å². The van der Waals surface area contributed by atoms with Crippen LogP contribution >= 0.6 is 11.8 Å². The van der Waals surface area contributed by atoms with Crippen LogP contribution in [-0.2, 0) is 9.54 Å². The number of carboxylic acids is 1. The van der Waals surface area contributed by atoms with Crippen LogP contribution in [0.15, 0.2) is 24.3 Å². The van der Waals surface area contributed by atoms with Crippen molar-refractivity contribution in [3.05, 3.63) is 35.6 Å². The number of hydrogen-bond acceptors (Lipinski definition) is 2. The molecule has 0 saturated heterocycles. The van der Waals surface area contributed by atoms with Gasteiger partial charge >= 0.3 is 5.97 Å². The topological polar surface area (TPSA) is 37.3 Å². The summed E-state index contributed by atoms with van der Waals surface area (Å²) in [5.74, 6) is -0.508. The smallest absolute Gasteiger partial charge is 0.324 e. The maximum Gasteiger partial charge on any atom is 0.324 e. The summed E-state index contributed by atoms with van der Waals surface area (Å²) in [6.07, 6.45) is 0.479. The van der Waals surface area contributed by atoms with Crippen molar-refractivity contribution in [1.82, 2.24) is 0 Å². The van der Waals surface area contributed by atoms with E-state index in [0.29, 0.717) is 17.7 Å². The van der Waals surface area contributed by atoms with Crippen molar-refractivity contribution in [2.75, 3.05) is 5.75 Å². The Morgan fingerprint density at radius 1 is 1.38 bits per heavy atom. The summed E-state index contributed by atoms with van der Waals surface area (Å²) in [7, 11) is 0. The second-order valence-corrected chi connectivity index (χ2v) is 4.99. The Morgan fingerprint density at radius 3 is 2.31 bits per heavy atom. The molecule has 1 aromatic rings. The lowest BCUT2D eigenvalue weighted by Crippen LogP contribution is -2.31. The number of aliphatic carboxylic acids is 1. The zero-order valence-electron chi connectivity index (χ0n) is 9.37. The molecule has 1 rings (SSSR count). The summed E-state index contributed by atoms with van der Waals surface area (Å²) in [6, 6.07) is 5.71. The molecule has 0 saturated carbocycles. The van der Waals surface area contributed by atoms with Gasteiger partial charge in [-0.1, -0.05) is 26.0 Å². The molecule has 1 N–H and O–H groups in total. The number of carbonyl (C=O) groups is 1. The van der Waals surface area contributed by atoms with Gasteiger partial charge in [-0.05, 0) is 29.9 Å². The molecule has 0 heterocycles. The number of thioether (sulfide) groups is 1. The van der Waals surface area contributed by atoms with E-state index < -0.39 is 10.7 Å². The molecule has 0 radical (unpaired) electrons. The van der Waals surface area contributed by atoms with Crippen LogP contribution in [-0.4, -0.2) is 16.8 Å². The third-order valence-corrected chi connectivity index (χ3v) is 4.03. The van der Waals surface area contributed by atoms with Gasteiger partial charge in [-0.3, -0.25) is 4.79 Å². The monoisotopic (exact) mass is 242 g/mol. The van der Waals surface area contributed by atoms with E-state index in [-0.39, 0.29) is 5.82 Å². The zero-order valence-corrected chi connectivity index (χ0v) is 10.2. The van der Waals surface area contributed by atoms with Gasteiger partial charge in [-0.2, -0.15) is 0 Å². The Bertz CT molecular complexity index is 364. The third-order valence-electron chi connectivity index (χ3n) is 2.54. The van der Waals surface area contributed by atoms with Crippen molar-refractivity contribution < 1.29 is 14.3 Å². The fourth-order valence-corrected chi connectivity index (χ4v) is 2.81. The lowest BCUT2D eigenvalue weighted by Gasteiger charge is -2.27. The third kappa shape index (κ3) is 2.38. The molecule has 0 fully saturated rings. The number of hydrogen-bond donors (Lipinski definition) is 1. The van der Waals surface area contributed by atoms with E-state index in [9.17, 15) is 14.3 Å². The van der Waals surface area contributed by atoms with Gasteiger partial charge in [0.15, 0.2) is 0 Å². The fourth-order valence-electron chi connectivity index (χ4n) is 1.69. The van der Waals surface area contributed by atoms with Crippen LogP contribution in [0, 0.1) is 5.82 Å². The van der Waals surface area contributed by atoms with Crippen LogP contribution in [0.25, 0.3) is 0 Å². The molecule has 0 amide bonds. The van der Waals surface area contributed by atoms with Crippen molar-refractivity contribution in [1.29, 1.82) is 0 Å². The van der Waals surface area contributed by atoms with Crippen LogP contribution in [0.1, 0.15) is 25.8 Å². The number of halogens is 1. The molecule has 1 unspecified atom stereocenters.